The van der Waals surface area contributed by atoms with Crippen LogP contribution in [0.1, 0.15) is 21.5 Å². The summed E-state index contributed by atoms with van der Waals surface area (Å²) in [4.78, 5) is 21.4. The summed E-state index contributed by atoms with van der Waals surface area (Å²) in [5.41, 5.74) is 1.75. The predicted octanol–water partition coefficient (Wildman–Crippen LogP) is 1.44. The van der Waals surface area contributed by atoms with E-state index in [1.807, 2.05) is 0 Å². The van der Waals surface area contributed by atoms with Crippen LogP contribution >= 0.6 is 0 Å². The summed E-state index contributed by atoms with van der Waals surface area (Å²) in [6.07, 6.45) is 0.517. The minimum Gasteiger partial charge on any atom is -0.496 e. The van der Waals surface area contributed by atoms with Gasteiger partial charge < -0.3 is 9.84 Å². The van der Waals surface area contributed by atoms with Gasteiger partial charge in [0.15, 0.2) is 6.29 Å². The van der Waals surface area contributed by atoms with Crippen LogP contribution in [0.3, 0.4) is 0 Å². The summed E-state index contributed by atoms with van der Waals surface area (Å²) < 4.78 is 5.03. The third kappa shape index (κ3) is 2.56. The van der Waals surface area contributed by atoms with E-state index in [0.717, 1.165) is 5.56 Å². The zero-order valence-electron chi connectivity index (χ0n) is 8.61. The first-order valence-electron chi connectivity index (χ1n) is 4.43. The Morgan fingerprint density at radius 2 is 2.20 bits per heavy atom. The molecule has 0 saturated carbocycles. The largest absolute Gasteiger partial charge is 0.496 e. The molecule has 0 fully saturated rings. The maximum Gasteiger partial charge on any atom is 0.307 e. The number of aldehydes is 1. The van der Waals surface area contributed by atoms with Crippen molar-refractivity contribution in [2.45, 2.75) is 13.3 Å². The van der Waals surface area contributed by atoms with E-state index in [4.69, 9.17) is 9.84 Å². The van der Waals surface area contributed by atoms with Crippen molar-refractivity contribution in [3.05, 3.63) is 28.8 Å². The second-order valence-electron chi connectivity index (χ2n) is 3.23. The lowest BCUT2D eigenvalue weighted by Gasteiger charge is -2.10. The van der Waals surface area contributed by atoms with Crippen LogP contribution in [0.2, 0.25) is 0 Å². The average molecular weight is 208 g/mol. The molecule has 0 aliphatic heterocycles. The number of hydrogen-bond donors (Lipinski definition) is 1. The van der Waals surface area contributed by atoms with Crippen molar-refractivity contribution in [2.24, 2.45) is 0 Å². The van der Waals surface area contributed by atoms with Crippen molar-refractivity contribution in [3.8, 4) is 5.75 Å². The Hall–Kier alpha value is -1.84. The lowest BCUT2D eigenvalue weighted by atomic mass is 10.0. The molecule has 0 aromatic heterocycles. The molecule has 0 saturated heterocycles. The Morgan fingerprint density at radius 3 is 2.67 bits per heavy atom. The molecule has 15 heavy (non-hydrogen) atoms. The summed E-state index contributed by atoms with van der Waals surface area (Å²) in [6, 6.07) is 3.37. The number of ether oxygens (including phenoxy) is 1. The van der Waals surface area contributed by atoms with Crippen molar-refractivity contribution >= 4 is 12.3 Å². The SMILES string of the molecule is COc1c(C=O)cc(C)cc1CC(=O)O. The van der Waals surface area contributed by atoms with Crippen LogP contribution in [-0.2, 0) is 11.2 Å². The molecule has 0 heterocycles. The van der Waals surface area contributed by atoms with Crippen molar-refractivity contribution < 1.29 is 19.4 Å². The number of rotatable bonds is 4. The van der Waals surface area contributed by atoms with E-state index in [1.165, 1.54) is 7.11 Å². The first-order chi connectivity index (χ1) is 7.08. The van der Waals surface area contributed by atoms with Gasteiger partial charge in [0.2, 0.25) is 0 Å². The second-order valence-corrected chi connectivity index (χ2v) is 3.23. The standard InChI is InChI=1S/C11H12O4/c1-7-3-8(5-10(13)14)11(15-2)9(4-7)6-12/h3-4,6H,5H2,1-2H3,(H,13,14). The van der Waals surface area contributed by atoms with Crippen LogP contribution in [-0.4, -0.2) is 24.5 Å². The number of hydrogen-bond acceptors (Lipinski definition) is 3. The number of carboxylic acid groups (broad SMARTS) is 1. The van der Waals surface area contributed by atoms with E-state index in [-0.39, 0.29) is 6.42 Å². The summed E-state index contributed by atoms with van der Waals surface area (Å²) in [6.45, 7) is 1.80. The highest BCUT2D eigenvalue weighted by Crippen LogP contribution is 2.24. The predicted molar refractivity (Wildman–Crippen MR) is 54.5 cm³/mol. The normalized spacial score (nSPS) is 9.73. The fourth-order valence-electron chi connectivity index (χ4n) is 1.51. The van der Waals surface area contributed by atoms with E-state index in [2.05, 4.69) is 0 Å². The lowest BCUT2D eigenvalue weighted by Crippen LogP contribution is -2.04. The first-order valence-corrected chi connectivity index (χ1v) is 4.43. The average Bonchev–Trinajstić information content (AvgIpc) is 2.15. The zero-order valence-corrected chi connectivity index (χ0v) is 8.61. The minimum atomic E-state index is -0.948. The van der Waals surface area contributed by atoms with Crippen LogP contribution in [0.5, 0.6) is 5.75 Å². The molecule has 1 aromatic carbocycles. The van der Waals surface area contributed by atoms with Gasteiger partial charge in [-0.2, -0.15) is 0 Å². The summed E-state index contributed by atoms with van der Waals surface area (Å²) in [7, 11) is 1.42. The van der Waals surface area contributed by atoms with Gasteiger partial charge in [-0.25, -0.2) is 0 Å². The molecule has 4 heteroatoms. The van der Waals surface area contributed by atoms with Gasteiger partial charge in [0.1, 0.15) is 5.75 Å². The van der Waals surface area contributed by atoms with Gasteiger partial charge in [-0.15, -0.1) is 0 Å². The number of carbonyl (C=O) groups is 2. The van der Waals surface area contributed by atoms with Crippen molar-refractivity contribution in [1.29, 1.82) is 0 Å². The second kappa shape index (κ2) is 4.59. The third-order valence-electron chi connectivity index (χ3n) is 2.01. The number of benzene rings is 1. The summed E-state index contributed by atoms with van der Waals surface area (Å²) in [5.74, 6) is -0.603. The highest BCUT2D eigenvalue weighted by atomic mass is 16.5. The van der Waals surface area contributed by atoms with Gasteiger partial charge in [-0.3, -0.25) is 9.59 Å². The van der Waals surface area contributed by atoms with Crippen molar-refractivity contribution in [1.82, 2.24) is 0 Å². The Balaban J connectivity index is 3.28. The molecule has 1 rings (SSSR count). The molecular weight excluding hydrogens is 196 g/mol. The first kappa shape index (κ1) is 11.2. The smallest absolute Gasteiger partial charge is 0.307 e. The van der Waals surface area contributed by atoms with E-state index < -0.39 is 5.97 Å². The molecule has 0 spiro atoms. The lowest BCUT2D eigenvalue weighted by molar-refractivity contribution is -0.136. The molecule has 0 atom stereocenters. The molecule has 0 bridgehead atoms. The monoisotopic (exact) mass is 208 g/mol. The number of carbonyl (C=O) groups excluding carboxylic acids is 1. The van der Waals surface area contributed by atoms with Gasteiger partial charge in [-0.1, -0.05) is 6.07 Å². The fourth-order valence-corrected chi connectivity index (χ4v) is 1.51. The Kier molecular flexibility index (Phi) is 3.44. The van der Waals surface area contributed by atoms with Gasteiger partial charge >= 0.3 is 5.97 Å². The quantitative estimate of drug-likeness (QED) is 0.760. The zero-order chi connectivity index (χ0) is 11.4. The number of aryl methyl sites for hydroxylation is 1. The minimum absolute atomic E-state index is 0.147. The topological polar surface area (TPSA) is 63.6 Å². The maximum atomic E-state index is 10.7. The highest BCUT2D eigenvalue weighted by Gasteiger charge is 2.12. The summed E-state index contributed by atoms with van der Waals surface area (Å²) in [5, 5.41) is 8.70. The van der Waals surface area contributed by atoms with Crippen LogP contribution < -0.4 is 4.74 Å². The molecule has 0 unspecified atom stereocenters. The van der Waals surface area contributed by atoms with Crippen molar-refractivity contribution in [2.75, 3.05) is 7.11 Å². The fraction of sp³-hybridized carbons (Fsp3) is 0.273. The van der Waals surface area contributed by atoms with E-state index in [9.17, 15) is 9.59 Å². The maximum absolute atomic E-state index is 10.7. The molecular formula is C11H12O4. The number of carboxylic acids is 1. The molecule has 1 aromatic rings. The van der Waals surface area contributed by atoms with Crippen LogP contribution in [0.4, 0.5) is 0 Å². The molecule has 0 radical (unpaired) electrons. The molecule has 80 valence electrons. The number of methoxy groups -OCH3 is 1. The van der Waals surface area contributed by atoms with Crippen LogP contribution in [0, 0.1) is 6.92 Å². The summed E-state index contributed by atoms with van der Waals surface area (Å²) >= 11 is 0. The Labute approximate surface area is 87.5 Å². The van der Waals surface area contributed by atoms with E-state index in [1.54, 1.807) is 19.1 Å². The molecule has 1 N–H and O–H groups in total. The highest BCUT2D eigenvalue weighted by molar-refractivity contribution is 5.82. The molecule has 4 nitrogen and oxygen atoms in total. The number of aliphatic carboxylic acids is 1. The van der Waals surface area contributed by atoms with Crippen LogP contribution in [0.15, 0.2) is 12.1 Å². The van der Waals surface area contributed by atoms with E-state index >= 15 is 0 Å². The Bertz CT molecular complexity index is 396. The van der Waals surface area contributed by atoms with Gasteiger partial charge in [0.05, 0.1) is 19.1 Å². The van der Waals surface area contributed by atoms with Gasteiger partial charge in [0, 0.05) is 5.56 Å². The molecule has 0 aliphatic carbocycles. The van der Waals surface area contributed by atoms with Gasteiger partial charge in [-0.05, 0) is 18.6 Å². The Morgan fingerprint density at radius 1 is 1.53 bits per heavy atom. The molecule has 0 amide bonds. The third-order valence-corrected chi connectivity index (χ3v) is 2.01. The van der Waals surface area contributed by atoms with Crippen molar-refractivity contribution in [3.63, 3.8) is 0 Å². The van der Waals surface area contributed by atoms with E-state index in [0.29, 0.717) is 23.2 Å². The van der Waals surface area contributed by atoms with Crippen LogP contribution in [0.25, 0.3) is 0 Å². The molecule has 0 aliphatic rings. The van der Waals surface area contributed by atoms with Gasteiger partial charge in [0.25, 0.3) is 0 Å².